The minimum absolute atomic E-state index is 0.220. The Morgan fingerprint density at radius 2 is 1.86 bits per heavy atom. The predicted octanol–water partition coefficient (Wildman–Crippen LogP) is 2.73. The molecule has 1 amide bonds. The highest BCUT2D eigenvalue weighted by Gasteiger charge is 2.03. The summed E-state index contributed by atoms with van der Waals surface area (Å²) in [5, 5.41) is 2.47. The van der Waals surface area contributed by atoms with Gasteiger partial charge in [-0.2, -0.15) is 0 Å². The van der Waals surface area contributed by atoms with E-state index >= 15 is 0 Å². The zero-order valence-corrected chi connectivity index (χ0v) is 11.6. The van der Waals surface area contributed by atoms with Crippen molar-refractivity contribution in [2.75, 3.05) is 7.11 Å². The van der Waals surface area contributed by atoms with Crippen LogP contribution in [0, 0.1) is 0 Å². The van der Waals surface area contributed by atoms with Crippen molar-refractivity contribution >= 4 is 16.7 Å². The number of ether oxygens (including phenoxy) is 1. The van der Waals surface area contributed by atoms with Crippen LogP contribution in [0.25, 0.3) is 10.8 Å². The Morgan fingerprint density at radius 1 is 1.10 bits per heavy atom. The lowest BCUT2D eigenvalue weighted by Gasteiger charge is -2.00. The Balaban J connectivity index is 0.000000161. The van der Waals surface area contributed by atoms with Crippen molar-refractivity contribution in [2.45, 2.75) is 0 Å². The number of fused-ring (bicyclic) bond motifs is 1. The van der Waals surface area contributed by atoms with E-state index in [2.05, 4.69) is 18.2 Å². The van der Waals surface area contributed by atoms with Gasteiger partial charge in [0.05, 0.1) is 13.4 Å². The Bertz CT molecular complexity index is 708. The molecule has 0 aliphatic rings. The van der Waals surface area contributed by atoms with Crippen molar-refractivity contribution in [3.8, 4) is 5.75 Å². The summed E-state index contributed by atoms with van der Waals surface area (Å²) in [6.45, 7) is 0. The van der Waals surface area contributed by atoms with Crippen molar-refractivity contribution in [3.05, 3.63) is 66.6 Å². The molecule has 21 heavy (non-hydrogen) atoms. The SMILES string of the molecule is COc1ccc2ccccc2c1.NNC(=O)c1ccco1. The lowest BCUT2D eigenvalue weighted by atomic mass is 10.1. The number of amides is 1. The summed E-state index contributed by atoms with van der Waals surface area (Å²) in [6.07, 6.45) is 1.41. The number of carbonyl (C=O) groups is 1. The van der Waals surface area contributed by atoms with Crippen LogP contribution in [0.5, 0.6) is 5.75 Å². The van der Waals surface area contributed by atoms with E-state index in [1.165, 1.54) is 23.1 Å². The third kappa shape index (κ3) is 3.84. The summed E-state index contributed by atoms with van der Waals surface area (Å²) in [4.78, 5) is 10.5. The molecule has 0 bridgehead atoms. The van der Waals surface area contributed by atoms with E-state index in [4.69, 9.17) is 15.0 Å². The van der Waals surface area contributed by atoms with Gasteiger partial charge in [0.1, 0.15) is 5.75 Å². The van der Waals surface area contributed by atoms with Gasteiger partial charge in [-0.1, -0.05) is 30.3 Å². The number of benzene rings is 2. The van der Waals surface area contributed by atoms with Gasteiger partial charge in [-0.3, -0.25) is 10.2 Å². The standard InChI is InChI=1S/C11H10O.C5H6N2O2/c1-12-11-7-6-9-4-2-3-5-10(9)8-11;6-7-5(8)4-2-1-3-9-4/h2-8H,1H3;1-3H,6H2,(H,7,8). The first-order valence-electron chi connectivity index (χ1n) is 6.32. The summed E-state index contributed by atoms with van der Waals surface area (Å²) in [5.41, 5.74) is 1.93. The average molecular weight is 284 g/mol. The van der Waals surface area contributed by atoms with Crippen LogP contribution in [0.3, 0.4) is 0 Å². The molecule has 0 radical (unpaired) electrons. The molecule has 5 nitrogen and oxygen atoms in total. The third-order valence-corrected chi connectivity index (χ3v) is 2.83. The smallest absolute Gasteiger partial charge is 0.300 e. The number of methoxy groups -OCH3 is 1. The number of rotatable bonds is 2. The van der Waals surface area contributed by atoms with Gasteiger partial charge in [0.25, 0.3) is 0 Å². The topological polar surface area (TPSA) is 77.5 Å². The van der Waals surface area contributed by atoms with E-state index < -0.39 is 5.91 Å². The molecular formula is C16H16N2O3. The van der Waals surface area contributed by atoms with Crippen molar-refractivity contribution in [1.82, 2.24) is 5.43 Å². The van der Waals surface area contributed by atoms with Gasteiger partial charge in [-0.15, -0.1) is 0 Å². The number of hydrogen-bond donors (Lipinski definition) is 2. The second kappa shape index (κ2) is 7.12. The quantitative estimate of drug-likeness (QED) is 0.431. The van der Waals surface area contributed by atoms with Crippen LogP contribution < -0.4 is 16.0 Å². The van der Waals surface area contributed by atoms with Crippen LogP contribution in [0.15, 0.2) is 65.3 Å². The molecule has 108 valence electrons. The van der Waals surface area contributed by atoms with E-state index in [9.17, 15) is 4.79 Å². The van der Waals surface area contributed by atoms with Crippen molar-refractivity contribution < 1.29 is 13.9 Å². The van der Waals surface area contributed by atoms with Crippen LogP contribution in [0.4, 0.5) is 0 Å². The minimum Gasteiger partial charge on any atom is -0.497 e. The molecule has 1 heterocycles. The van der Waals surface area contributed by atoms with Gasteiger partial charge < -0.3 is 9.15 Å². The monoisotopic (exact) mass is 284 g/mol. The van der Waals surface area contributed by atoms with Gasteiger partial charge >= 0.3 is 5.91 Å². The summed E-state index contributed by atoms with van der Waals surface area (Å²) >= 11 is 0. The average Bonchev–Trinajstić information content (AvgIpc) is 3.08. The molecule has 0 saturated carbocycles. The summed E-state index contributed by atoms with van der Waals surface area (Å²) in [7, 11) is 1.68. The highest BCUT2D eigenvalue weighted by molar-refractivity contribution is 5.90. The van der Waals surface area contributed by atoms with Crippen LogP contribution >= 0.6 is 0 Å². The molecule has 0 aliphatic carbocycles. The van der Waals surface area contributed by atoms with Crippen LogP contribution in [-0.2, 0) is 0 Å². The van der Waals surface area contributed by atoms with E-state index in [0.717, 1.165) is 5.75 Å². The molecule has 2 aromatic carbocycles. The molecule has 0 spiro atoms. The molecular weight excluding hydrogens is 268 g/mol. The highest BCUT2D eigenvalue weighted by atomic mass is 16.5. The normalized spacial score (nSPS) is 9.62. The summed E-state index contributed by atoms with van der Waals surface area (Å²) in [6, 6.07) is 17.5. The fourth-order valence-electron chi connectivity index (χ4n) is 1.77. The number of carbonyl (C=O) groups excluding carboxylic acids is 1. The van der Waals surface area contributed by atoms with Gasteiger partial charge in [-0.25, -0.2) is 5.84 Å². The first-order valence-corrected chi connectivity index (χ1v) is 6.32. The molecule has 0 atom stereocenters. The van der Waals surface area contributed by atoms with Gasteiger partial charge in [0, 0.05) is 0 Å². The van der Waals surface area contributed by atoms with E-state index in [1.54, 1.807) is 13.2 Å². The molecule has 3 rings (SSSR count). The number of nitrogens with two attached hydrogens (primary N) is 1. The zero-order valence-electron chi connectivity index (χ0n) is 11.6. The number of furan rings is 1. The van der Waals surface area contributed by atoms with Crippen LogP contribution in [-0.4, -0.2) is 13.0 Å². The fourth-order valence-corrected chi connectivity index (χ4v) is 1.77. The highest BCUT2D eigenvalue weighted by Crippen LogP contribution is 2.19. The number of nitrogens with one attached hydrogen (secondary N) is 1. The molecule has 3 N–H and O–H groups in total. The summed E-state index contributed by atoms with van der Waals surface area (Å²) in [5.74, 6) is 5.52. The van der Waals surface area contributed by atoms with Gasteiger partial charge in [-0.05, 0) is 35.0 Å². The maximum absolute atomic E-state index is 10.5. The Kier molecular flexibility index (Phi) is 4.95. The maximum atomic E-state index is 10.5. The van der Waals surface area contributed by atoms with E-state index in [0.29, 0.717) is 0 Å². The van der Waals surface area contributed by atoms with E-state index in [-0.39, 0.29) is 5.76 Å². The molecule has 5 heteroatoms. The van der Waals surface area contributed by atoms with E-state index in [1.807, 2.05) is 29.7 Å². The summed E-state index contributed by atoms with van der Waals surface area (Å²) < 4.78 is 9.82. The largest absolute Gasteiger partial charge is 0.497 e. The van der Waals surface area contributed by atoms with Crippen molar-refractivity contribution in [1.29, 1.82) is 0 Å². The van der Waals surface area contributed by atoms with Crippen molar-refractivity contribution in [2.24, 2.45) is 5.84 Å². The predicted molar refractivity (Wildman–Crippen MR) is 80.9 cm³/mol. The molecule has 1 aromatic heterocycles. The first-order chi connectivity index (χ1) is 10.2. The molecule has 0 aliphatic heterocycles. The molecule has 0 unspecified atom stereocenters. The maximum Gasteiger partial charge on any atom is 0.300 e. The second-order valence-corrected chi connectivity index (χ2v) is 4.16. The van der Waals surface area contributed by atoms with Gasteiger partial charge in [0.2, 0.25) is 0 Å². The van der Waals surface area contributed by atoms with Gasteiger partial charge in [0.15, 0.2) is 5.76 Å². The van der Waals surface area contributed by atoms with Crippen LogP contribution in [0.2, 0.25) is 0 Å². The number of hydrogen-bond acceptors (Lipinski definition) is 4. The Hall–Kier alpha value is -2.79. The Labute approximate surface area is 122 Å². The number of nitrogen functional groups attached to an aromatic ring is 1. The minimum atomic E-state index is -0.417. The van der Waals surface area contributed by atoms with Crippen LogP contribution in [0.1, 0.15) is 10.6 Å². The fraction of sp³-hybridized carbons (Fsp3) is 0.0625. The second-order valence-electron chi connectivity index (χ2n) is 4.16. The molecule has 0 saturated heterocycles. The third-order valence-electron chi connectivity index (χ3n) is 2.83. The molecule has 3 aromatic rings. The zero-order chi connectivity index (χ0) is 15.1. The number of hydrazine groups is 1. The Morgan fingerprint density at radius 3 is 2.48 bits per heavy atom. The first kappa shape index (κ1) is 14.6. The van der Waals surface area contributed by atoms with Crippen molar-refractivity contribution in [3.63, 3.8) is 0 Å². The lowest BCUT2D eigenvalue weighted by Crippen LogP contribution is -2.29. The lowest BCUT2D eigenvalue weighted by molar-refractivity contribution is 0.0926. The molecule has 0 fully saturated rings.